The number of rotatable bonds is 9. The Morgan fingerprint density at radius 2 is 1.74 bits per heavy atom. The summed E-state index contributed by atoms with van der Waals surface area (Å²) in [7, 11) is 4.91. The van der Waals surface area contributed by atoms with E-state index in [0.717, 1.165) is 11.3 Å². The summed E-state index contributed by atoms with van der Waals surface area (Å²) < 4.78 is 6.01. The Morgan fingerprint density at radius 3 is 2.45 bits per heavy atom. The first kappa shape index (κ1) is 30.5. The third-order valence-electron chi connectivity index (χ3n) is 6.33. The van der Waals surface area contributed by atoms with Gasteiger partial charge in [-0.15, -0.1) is 0 Å². The van der Waals surface area contributed by atoms with Crippen LogP contribution in [0.3, 0.4) is 0 Å². The Bertz CT molecular complexity index is 1670. The maximum absolute atomic E-state index is 12.9. The average Bonchev–Trinajstić information content (AvgIpc) is 2.98. The summed E-state index contributed by atoms with van der Waals surface area (Å²) >= 11 is 13.1. The van der Waals surface area contributed by atoms with Crippen LogP contribution in [0.2, 0.25) is 10.0 Å². The molecule has 0 aliphatic rings. The van der Waals surface area contributed by atoms with Gasteiger partial charge in [0.1, 0.15) is 17.9 Å². The molecule has 216 valence electrons. The van der Waals surface area contributed by atoms with E-state index in [4.69, 9.17) is 27.9 Å². The van der Waals surface area contributed by atoms with Crippen molar-refractivity contribution in [3.05, 3.63) is 99.3 Å². The topological polar surface area (TPSA) is 105 Å². The molecule has 9 nitrogen and oxygen atoms in total. The van der Waals surface area contributed by atoms with Crippen molar-refractivity contribution in [1.82, 2.24) is 20.2 Å². The quantitative estimate of drug-likeness (QED) is 0.259. The first-order chi connectivity index (χ1) is 20.0. The summed E-state index contributed by atoms with van der Waals surface area (Å²) in [6.45, 7) is 1.64. The Balaban J connectivity index is 1.38. The number of fused-ring (bicyclic) bond motifs is 1. The highest BCUT2D eigenvalue weighted by atomic mass is 35.5. The van der Waals surface area contributed by atoms with E-state index in [1.54, 1.807) is 75.9 Å². The number of hydrogen-bond donors (Lipinski definition) is 1. The highest BCUT2D eigenvalue weighted by molar-refractivity contribution is 6.38. The van der Waals surface area contributed by atoms with Crippen molar-refractivity contribution in [3.63, 3.8) is 0 Å². The third-order valence-corrected chi connectivity index (χ3v) is 7.11. The van der Waals surface area contributed by atoms with Crippen molar-refractivity contribution >= 4 is 63.7 Å². The van der Waals surface area contributed by atoms with Gasteiger partial charge in [0.25, 0.3) is 5.91 Å². The van der Waals surface area contributed by atoms with Crippen molar-refractivity contribution < 1.29 is 19.1 Å². The van der Waals surface area contributed by atoms with Gasteiger partial charge in [-0.25, -0.2) is 9.97 Å². The number of likely N-dealkylation sites (N-methyl/N-ethyl adjacent to an activating group) is 1. The Morgan fingerprint density at radius 1 is 1.00 bits per heavy atom. The molecule has 0 radical (unpaired) electrons. The van der Waals surface area contributed by atoms with Crippen LogP contribution in [0.1, 0.15) is 27.2 Å². The number of hydrogen-bond acceptors (Lipinski definition) is 6. The minimum atomic E-state index is -0.449. The van der Waals surface area contributed by atoms with Crippen LogP contribution in [0.15, 0.2) is 66.9 Å². The van der Waals surface area contributed by atoms with Gasteiger partial charge in [0, 0.05) is 49.6 Å². The van der Waals surface area contributed by atoms with E-state index in [1.165, 1.54) is 15.9 Å². The first-order valence-corrected chi connectivity index (χ1v) is 13.7. The van der Waals surface area contributed by atoms with E-state index in [1.807, 2.05) is 19.1 Å². The van der Waals surface area contributed by atoms with Gasteiger partial charge in [-0.05, 0) is 55.0 Å². The van der Waals surface area contributed by atoms with Crippen molar-refractivity contribution in [2.24, 2.45) is 0 Å². The molecule has 3 aromatic carbocycles. The Kier molecular flexibility index (Phi) is 9.77. The summed E-state index contributed by atoms with van der Waals surface area (Å²) in [5.74, 6) is -0.425. The maximum atomic E-state index is 12.9. The number of ether oxygens (including phenoxy) is 1. The number of nitrogens with zero attached hydrogens (tertiary/aromatic N) is 4. The van der Waals surface area contributed by atoms with Crippen LogP contribution < -0.4 is 15.0 Å². The molecule has 4 rings (SSSR count). The number of aromatic nitrogens is 2. The summed E-state index contributed by atoms with van der Waals surface area (Å²) in [5.41, 5.74) is 4.30. The highest BCUT2D eigenvalue weighted by Gasteiger charge is 2.19. The van der Waals surface area contributed by atoms with Crippen LogP contribution >= 0.6 is 23.2 Å². The van der Waals surface area contributed by atoms with Crippen molar-refractivity contribution in [2.75, 3.05) is 32.6 Å². The predicted octanol–water partition coefficient (Wildman–Crippen LogP) is 5.32. The van der Waals surface area contributed by atoms with Crippen LogP contribution in [-0.4, -0.2) is 60.3 Å². The molecule has 0 aliphatic heterocycles. The highest BCUT2D eigenvalue weighted by Crippen LogP contribution is 2.35. The molecule has 0 unspecified atom stereocenters. The zero-order valence-corrected chi connectivity index (χ0v) is 25.0. The maximum Gasteiger partial charge on any atom is 0.253 e. The minimum Gasteiger partial charge on any atom is -0.486 e. The summed E-state index contributed by atoms with van der Waals surface area (Å²) in [4.78, 5) is 49.0. The van der Waals surface area contributed by atoms with Crippen LogP contribution in [0.25, 0.3) is 17.1 Å². The molecule has 0 fully saturated rings. The fourth-order valence-electron chi connectivity index (χ4n) is 3.99. The second kappa shape index (κ2) is 13.5. The lowest BCUT2D eigenvalue weighted by Crippen LogP contribution is -2.37. The second-order valence-corrected chi connectivity index (χ2v) is 10.4. The molecule has 0 atom stereocenters. The van der Waals surface area contributed by atoms with Gasteiger partial charge in [-0.2, -0.15) is 0 Å². The SMILES string of the molecule is Cc1cnc2c(OCc3c(Cl)ccc(N(C)C(=O)CNC(=O)C=Cc4ccc(C(=O)N(C)C)cc4)c3Cl)cccc2n1. The smallest absolute Gasteiger partial charge is 0.253 e. The predicted molar refractivity (Wildman–Crippen MR) is 165 cm³/mol. The molecule has 1 aromatic heterocycles. The fraction of sp³-hybridized carbons (Fsp3) is 0.194. The molecule has 3 amide bonds. The zero-order chi connectivity index (χ0) is 30.4. The molecule has 1 N–H and O–H groups in total. The Hall–Kier alpha value is -4.47. The lowest BCUT2D eigenvalue weighted by atomic mass is 10.1. The van der Waals surface area contributed by atoms with Gasteiger partial charge in [0.05, 0.1) is 28.5 Å². The number of carbonyl (C=O) groups excluding carboxylic acids is 3. The molecule has 0 saturated carbocycles. The molecule has 1 heterocycles. The standard InChI is InChI=1S/C31H29Cl2N5O4/c1-19-16-35-30-24(36-19)6-5-7-26(30)42-18-22-23(32)13-14-25(29(22)33)38(4)28(40)17-34-27(39)15-10-20-8-11-21(12-9-20)31(41)37(2)3/h5-16H,17-18H2,1-4H3,(H,34,39). The van der Waals surface area contributed by atoms with Crippen molar-refractivity contribution in [3.8, 4) is 5.75 Å². The normalized spacial score (nSPS) is 11.0. The van der Waals surface area contributed by atoms with Crippen LogP contribution in [0.5, 0.6) is 5.75 Å². The number of para-hydroxylation sites is 1. The largest absolute Gasteiger partial charge is 0.486 e. The first-order valence-electron chi connectivity index (χ1n) is 12.9. The molecule has 0 aliphatic carbocycles. The number of benzene rings is 3. The third kappa shape index (κ3) is 7.23. The van der Waals surface area contributed by atoms with Gasteiger partial charge < -0.3 is 19.9 Å². The number of anilines is 1. The molecular weight excluding hydrogens is 577 g/mol. The van der Waals surface area contributed by atoms with Gasteiger partial charge in [-0.3, -0.25) is 14.4 Å². The van der Waals surface area contributed by atoms with Gasteiger partial charge >= 0.3 is 0 Å². The molecule has 0 bridgehead atoms. The lowest BCUT2D eigenvalue weighted by Gasteiger charge is -2.21. The zero-order valence-electron chi connectivity index (χ0n) is 23.5. The fourth-order valence-corrected chi connectivity index (χ4v) is 4.60. The monoisotopic (exact) mass is 605 g/mol. The van der Waals surface area contributed by atoms with E-state index in [2.05, 4.69) is 15.3 Å². The van der Waals surface area contributed by atoms with E-state index >= 15 is 0 Å². The number of nitrogens with one attached hydrogen (secondary N) is 1. The second-order valence-electron chi connectivity index (χ2n) is 9.61. The van der Waals surface area contributed by atoms with Crippen molar-refractivity contribution in [1.29, 1.82) is 0 Å². The molecule has 0 saturated heterocycles. The minimum absolute atomic E-state index is 0.0357. The van der Waals surface area contributed by atoms with Gasteiger partial charge in [0.2, 0.25) is 11.8 Å². The summed E-state index contributed by atoms with van der Waals surface area (Å²) in [6.07, 6.45) is 4.58. The molecular formula is C31H29Cl2N5O4. The van der Waals surface area contributed by atoms with Crippen LogP contribution in [0.4, 0.5) is 5.69 Å². The molecule has 11 heteroatoms. The van der Waals surface area contributed by atoms with Crippen molar-refractivity contribution in [2.45, 2.75) is 13.5 Å². The molecule has 42 heavy (non-hydrogen) atoms. The van der Waals surface area contributed by atoms with E-state index < -0.39 is 5.91 Å². The van der Waals surface area contributed by atoms with Gasteiger partial charge in [-0.1, -0.05) is 41.4 Å². The number of halogens is 2. The summed E-state index contributed by atoms with van der Waals surface area (Å²) in [6, 6.07) is 15.6. The lowest BCUT2D eigenvalue weighted by molar-refractivity contribution is -0.122. The number of amides is 3. The van der Waals surface area contributed by atoms with Crippen LogP contribution in [-0.2, 0) is 16.2 Å². The average molecular weight is 607 g/mol. The summed E-state index contributed by atoms with van der Waals surface area (Å²) in [5, 5.41) is 3.21. The molecule has 0 spiro atoms. The number of aryl methyl sites for hydroxylation is 1. The Labute approximate surface area is 253 Å². The van der Waals surface area contributed by atoms with E-state index in [9.17, 15) is 14.4 Å². The number of carbonyl (C=O) groups is 3. The van der Waals surface area contributed by atoms with Crippen LogP contribution in [0, 0.1) is 6.92 Å². The molecule has 4 aromatic rings. The van der Waals surface area contributed by atoms with E-state index in [-0.39, 0.29) is 30.0 Å². The van der Waals surface area contributed by atoms with Gasteiger partial charge in [0.15, 0.2) is 0 Å². The van der Waals surface area contributed by atoms with E-state index in [0.29, 0.717) is 38.6 Å².